The van der Waals surface area contributed by atoms with Gasteiger partial charge >= 0.3 is 0 Å². The van der Waals surface area contributed by atoms with Crippen LogP contribution in [0.15, 0.2) is 9.72 Å². The molecule has 2 aromatic rings. The van der Waals surface area contributed by atoms with E-state index in [4.69, 9.17) is 0 Å². The molecular weight excluding hydrogens is 310 g/mol. The highest BCUT2D eigenvalue weighted by Gasteiger charge is 2.10. The quantitative estimate of drug-likeness (QED) is 0.653. The monoisotopic (exact) mass is 327 g/mol. The maximum absolute atomic E-state index is 11.9. The molecule has 0 spiro atoms. The number of nitrogens with zero attached hydrogens (tertiary/aromatic N) is 2. The maximum Gasteiger partial charge on any atom is 0.270 e. The van der Waals surface area contributed by atoms with Crippen LogP contribution in [-0.2, 0) is 6.42 Å². The molecule has 2 heterocycles. The number of carbonyl (C=O) groups excluding carboxylic acids is 1. The largest absolute Gasteiger partial charge is 0.351 e. The Morgan fingerprint density at radius 3 is 2.80 bits per heavy atom. The van der Waals surface area contributed by atoms with Crippen LogP contribution in [0.1, 0.15) is 32.5 Å². The summed E-state index contributed by atoms with van der Waals surface area (Å²) in [5, 5.41) is 5.85. The van der Waals surface area contributed by atoms with Crippen molar-refractivity contribution < 1.29 is 4.79 Å². The zero-order valence-corrected chi connectivity index (χ0v) is 14.2. The minimum absolute atomic E-state index is 0.0898. The number of amides is 1. The second kappa shape index (κ2) is 7.19. The molecule has 1 amide bonds. The van der Waals surface area contributed by atoms with E-state index in [0.717, 1.165) is 27.9 Å². The predicted molar refractivity (Wildman–Crippen MR) is 86.1 cm³/mol. The van der Waals surface area contributed by atoms with Gasteiger partial charge in [-0.3, -0.25) is 4.79 Å². The van der Waals surface area contributed by atoms with Gasteiger partial charge in [-0.15, -0.1) is 22.7 Å². The highest BCUT2D eigenvalue weighted by molar-refractivity contribution is 8.00. The fourth-order valence-corrected chi connectivity index (χ4v) is 3.85. The van der Waals surface area contributed by atoms with Crippen LogP contribution in [0, 0.1) is 13.8 Å². The summed E-state index contributed by atoms with van der Waals surface area (Å²) in [5.41, 5.74) is 1.63. The first kappa shape index (κ1) is 15.5. The van der Waals surface area contributed by atoms with E-state index in [1.807, 2.05) is 13.2 Å². The van der Waals surface area contributed by atoms with Crippen molar-refractivity contribution in [3.05, 3.63) is 26.7 Å². The third-order valence-corrected chi connectivity index (χ3v) is 5.81. The van der Waals surface area contributed by atoms with Crippen molar-refractivity contribution >= 4 is 40.3 Å². The van der Waals surface area contributed by atoms with Crippen LogP contribution in [0.2, 0.25) is 0 Å². The van der Waals surface area contributed by atoms with Gasteiger partial charge in [0.05, 0.1) is 10.7 Å². The summed E-state index contributed by atoms with van der Waals surface area (Å²) in [6.45, 7) is 4.77. The SMILES string of the molecule is CSc1nc(C(=O)NCCCc2nc(C)c(C)s2)cs1. The molecule has 2 aromatic heterocycles. The number of aromatic nitrogens is 2. The lowest BCUT2D eigenvalue weighted by molar-refractivity contribution is 0.0948. The average Bonchev–Trinajstić information content (AvgIpc) is 3.02. The number of nitrogens with one attached hydrogen (secondary N) is 1. The van der Waals surface area contributed by atoms with Crippen LogP contribution in [0.4, 0.5) is 0 Å². The fourth-order valence-electron chi connectivity index (χ4n) is 1.63. The van der Waals surface area contributed by atoms with Crippen LogP contribution in [0.5, 0.6) is 0 Å². The Balaban J connectivity index is 1.74. The first-order valence-corrected chi connectivity index (χ1v) is 9.23. The van der Waals surface area contributed by atoms with E-state index in [-0.39, 0.29) is 5.91 Å². The second-order valence-electron chi connectivity index (χ2n) is 4.31. The summed E-state index contributed by atoms with van der Waals surface area (Å²) in [5.74, 6) is -0.0898. The Hall–Kier alpha value is -0.920. The first-order chi connectivity index (χ1) is 9.60. The molecule has 0 unspecified atom stereocenters. The molecule has 0 aliphatic carbocycles. The van der Waals surface area contributed by atoms with Crippen LogP contribution < -0.4 is 5.32 Å². The third-order valence-electron chi connectivity index (χ3n) is 2.82. The molecule has 0 saturated heterocycles. The van der Waals surface area contributed by atoms with Crippen molar-refractivity contribution in [2.45, 2.75) is 31.0 Å². The summed E-state index contributed by atoms with van der Waals surface area (Å²) in [6, 6.07) is 0. The van der Waals surface area contributed by atoms with Crippen LogP contribution in [0.25, 0.3) is 0 Å². The maximum atomic E-state index is 11.9. The number of carbonyl (C=O) groups is 1. The van der Waals surface area contributed by atoms with Gasteiger partial charge in [-0.25, -0.2) is 9.97 Å². The summed E-state index contributed by atoms with van der Waals surface area (Å²) >= 11 is 4.80. The van der Waals surface area contributed by atoms with Crippen molar-refractivity contribution in [2.24, 2.45) is 0 Å². The zero-order valence-electron chi connectivity index (χ0n) is 11.7. The molecule has 7 heteroatoms. The van der Waals surface area contributed by atoms with Crippen molar-refractivity contribution in [1.82, 2.24) is 15.3 Å². The van der Waals surface area contributed by atoms with Crippen molar-refractivity contribution in [3.63, 3.8) is 0 Å². The zero-order chi connectivity index (χ0) is 14.5. The fraction of sp³-hybridized carbons (Fsp3) is 0.462. The van der Waals surface area contributed by atoms with Gasteiger partial charge in [-0.1, -0.05) is 11.8 Å². The van der Waals surface area contributed by atoms with Gasteiger partial charge in [0, 0.05) is 23.2 Å². The van der Waals surface area contributed by atoms with E-state index in [1.54, 1.807) is 28.5 Å². The number of hydrogen-bond acceptors (Lipinski definition) is 6. The highest BCUT2D eigenvalue weighted by Crippen LogP contribution is 2.20. The minimum Gasteiger partial charge on any atom is -0.351 e. The Labute approximate surface area is 131 Å². The van der Waals surface area contributed by atoms with E-state index in [2.05, 4.69) is 22.2 Å². The van der Waals surface area contributed by atoms with Gasteiger partial charge in [-0.2, -0.15) is 0 Å². The summed E-state index contributed by atoms with van der Waals surface area (Å²) in [6.07, 6.45) is 3.77. The molecule has 1 N–H and O–H groups in total. The highest BCUT2D eigenvalue weighted by atomic mass is 32.2. The van der Waals surface area contributed by atoms with Gasteiger partial charge < -0.3 is 5.32 Å². The molecule has 0 saturated carbocycles. The normalized spacial score (nSPS) is 10.8. The van der Waals surface area contributed by atoms with E-state index >= 15 is 0 Å². The second-order valence-corrected chi connectivity index (χ2v) is 7.51. The molecule has 0 fully saturated rings. The van der Waals surface area contributed by atoms with Gasteiger partial charge in [0.25, 0.3) is 5.91 Å². The van der Waals surface area contributed by atoms with E-state index in [1.165, 1.54) is 16.2 Å². The summed E-state index contributed by atoms with van der Waals surface area (Å²) in [7, 11) is 0. The predicted octanol–water partition coefficient (Wildman–Crippen LogP) is 3.30. The Kier molecular flexibility index (Phi) is 5.56. The number of thiazole rings is 2. The molecule has 0 aliphatic heterocycles. The Bertz CT molecular complexity index is 572. The van der Waals surface area contributed by atoms with Crippen molar-refractivity contribution in [2.75, 3.05) is 12.8 Å². The van der Waals surface area contributed by atoms with Gasteiger partial charge in [0.1, 0.15) is 10.0 Å². The average molecular weight is 327 g/mol. The smallest absolute Gasteiger partial charge is 0.270 e. The molecule has 2 rings (SSSR count). The first-order valence-electron chi connectivity index (χ1n) is 6.30. The molecular formula is C13H17N3OS3. The lowest BCUT2D eigenvalue weighted by atomic mass is 10.3. The van der Waals surface area contributed by atoms with E-state index < -0.39 is 0 Å². The lowest BCUT2D eigenvalue weighted by Gasteiger charge is -2.01. The van der Waals surface area contributed by atoms with Gasteiger partial charge in [0.2, 0.25) is 0 Å². The van der Waals surface area contributed by atoms with Crippen LogP contribution in [0.3, 0.4) is 0 Å². The number of hydrogen-bond donors (Lipinski definition) is 1. The lowest BCUT2D eigenvalue weighted by Crippen LogP contribution is -2.25. The summed E-state index contributed by atoms with van der Waals surface area (Å²) in [4.78, 5) is 21.9. The molecule has 0 atom stereocenters. The molecule has 4 nitrogen and oxygen atoms in total. The van der Waals surface area contributed by atoms with Crippen LogP contribution >= 0.6 is 34.4 Å². The number of rotatable bonds is 6. The molecule has 0 aromatic carbocycles. The van der Waals surface area contributed by atoms with E-state index in [9.17, 15) is 4.79 Å². The molecule has 0 aliphatic rings. The molecule has 0 bridgehead atoms. The Morgan fingerprint density at radius 1 is 1.40 bits per heavy atom. The number of aryl methyl sites for hydroxylation is 3. The van der Waals surface area contributed by atoms with Crippen molar-refractivity contribution in [3.8, 4) is 0 Å². The Morgan fingerprint density at radius 2 is 2.20 bits per heavy atom. The third kappa shape index (κ3) is 4.04. The van der Waals surface area contributed by atoms with Crippen molar-refractivity contribution in [1.29, 1.82) is 0 Å². The van der Waals surface area contributed by atoms with Gasteiger partial charge in [0.15, 0.2) is 0 Å². The standard InChI is InChI=1S/C13H17N3OS3/c1-8-9(2)20-11(15-8)5-4-6-14-12(17)10-7-19-13(16-10)18-3/h7H,4-6H2,1-3H3,(H,14,17). The van der Waals surface area contributed by atoms with E-state index in [0.29, 0.717) is 12.2 Å². The van der Waals surface area contributed by atoms with Gasteiger partial charge in [-0.05, 0) is 26.5 Å². The summed E-state index contributed by atoms with van der Waals surface area (Å²) < 4.78 is 0.920. The topological polar surface area (TPSA) is 54.9 Å². The number of thioether (sulfide) groups is 1. The molecule has 20 heavy (non-hydrogen) atoms. The molecule has 108 valence electrons. The van der Waals surface area contributed by atoms with Crippen LogP contribution in [-0.4, -0.2) is 28.7 Å². The molecule has 0 radical (unpaired) electrons. The minimum atomic E-state index is -0.0898.